The Bertz CT molecular complexity index is 843. The van der Waals surface area contributed by atoms with Crippen molar-refractivity contribution in [3.8, 4) is 0 Å². The third kappa shape index (κ3) is 9.04. The van der Waals surface area contributed by atoms with E-state index in [9.17, 15) is 14.0 Å². The minimum absolute atomic E-state index is 0.0199. The van der Waals surface area contributed by atoms with Gasteiger partial charge in [-0.2, -0.15) is 0 Å². The first-order chi connectivity index (χ1) is 15.9. The first kappa shape index (κ1) is 27.8. The standard InChI is InChI=1S/C26H33FNO3S.Pb/c1-4-5-10-21(15-14-20(2)27)13-9-16-32-23-18-24(26(30)31-3)28(19-23)25(29)17-22-11-7-6-8-12-22;/h4,6-8,10-12,14-15,17,20,23-24H,1,5,9,13,16,18-19H2,2-3H3;/b15-14-,21-10-;. The average molecular weight is 666 g/mol. The molecule has 1 saturated heterocycles. The molecule has 1 aliphatic rings. The Balaban J connectivity index is 1.95. The van der Waals surface area contributed by atoms with Gasteiger partial charge in [-0.15, -0.1) is 6.58 Å². The molecule has 7 heteroatoms. The first-order valence-electron chi connectivity index (χ1n) is 11.3. The van der Waals surface area contributed by atoms with E-state index in [0.29, 0.717) is 38.7 Å². The van der Waals surface area contributed by atoms with Gasteiger partial charge in [-0.3, -0.25) is 0 Å². The molecule has 1 heterocycles. The summed E-state index contributed by atoms with van der Waals surface area (Å²) >= 11 is 2.48. The Morgan fingerprint density at radius 3 is 2.73 bits per heavy atom. The predicted octanol–water partition coefficient (Wildman–Crippen LogP) is 4.97. The van der Waals surface area contributed by atoms with Crippen LogP contribution in [0.1, 0.15) is 41.6 Å². The molecule has 177 valence electrons. The van der Waals surface area contributed by atoms with Crippen LogP contribution in [0.4, 0.5) is 4.39 Å². The number of likely N-dealkylation sites (tertiary alicyclic amines) is 1. The zero-order valence-electron chi connectivity index (χ0n) is 19.4. The van der Waals surface area contributed by atoms with E-state index in [-0.39, 0.29) is 20.6 Å². The molecule has 1 fully saturated rings. The van der Waals surface area contributed by atoms with Gasteiger partial charge in [-0.05, 0) is 6.92 Å². The zero-order valence-corrected chi connectivity index (χ0v) is 24.1. The van der Waals surface area contributed by atoms with E-state index in [1.54, 1.807) is 22.7 Å². The van der Waals surface area contributed by atoms with Crippen LogP contribution in [0, 0.1) is 0 Å². The van der Waals surface area contributed by atoms with E-state index in [2.05, 4.69) is 12.7 Å². The van der Waals surface area contributed by atoms with Crippen LogP contribution in [0.25, 0.3) is 0 Å². The van der Waals surface area contributed by atoms with Gasteiger partial charge in [0, 0.05) is 0 Å². The van der Waals surface area contributed by atoms with E-state index < -0.39 is 12.2 Å². The molecule has 0 spiro atoms. The Morgan fingerprint density at radius 2 is 2.09 bits per heavy atom. The second kappa shape index (κ2) is 14.8. The van der Waals surface area contributed by atoms with Crippen molar-refractivity contribution in [2.45, 2.75) is 53.5 Å². The second-order valence-electron chi connectivity index (χ2n) is 8.05. The Labute approximate surface area is 217 Å². The molecule has 1 aromatic rings. The molecule has 0 aromatic heterocycles. The van der Waals surface area contributed by atoms with Gasteiger partial charge in [0.2, 0.25) is 0 Å². The van der Waals surface area contributed by atoms with E-state index >= 15 is 0 Å². The van der Waals surface area contributed by atoms with Gasteiger partial charge < -0.3 is 0 Å². The maximum absolute atomic E-state index is 13.3. The number of rotatable bonds is 12. The van der Waals surface area contributed by atoms with Crippen molar-refractivity contribution in [1.82, 2.24) is 4.90 Å². The SMILES string of the molecule is C=CC/C=C(\C=C/C(C)F)CCCSC1CC(C(=O)OC)N(C(=O)[CH]([Pb])c2ccccc2)C1. The summed E-state index contributed by atoms with van der Waals surface area (Å²) in [4.78, 5) is 27.4. The van der Waals surface area contributed by atoms with E-state index in [1.807, 2.05) is 42.5 Å². The zero-order chi connectivity index (χ0) is 24.2. The summed E-state index contributed by atoms with van der Waals surface area (Å²) in [6.45, 7) is 5.82. The van der Waals surface area contributed by atoms with Gasteiger partial charge in [-0.25, -0.2) is 4.39 Å². The fraction of sp³-hybridized carbons (Fsp3) is 0.462. The summed E-state index contributed by atoms with van der Waals surface area (Å²) in [6.07, 6.45) is 9.55. The third-order valence-electron chi connectivity index (χ3n) is 5.48. The molecule has 3 radical (unpaired) electrons. The van der Waals surface area contributed by atoms with Crippen LogP contribution in [0.5, 0.6) is 0 Å². The molecule has 0 bridgehead atoms. The fourth-order valence-corrected chi connectivity index (χ4v) is 6.37. The molecule has 4 unspecified atom stereocenters. The molecule has 1 aliphatic heterocycles. The summed E-state index contributed by atoms with van der Waals surface area (Å²) in [5, 5.41) is 0.199. The average Bonchev–Trinajstić information content (AvgIpc) is 3.26. The van der Waals surface area contributed by atoms with Crippen molar-refractivity contribution in [2.24, 2.45) is 0 Å². The van der Waals surface area contributed by atoms with Gasteiger partial charge in [0.15, 0.2) is 0 Å². The number of halogens is 1. The number of amides is 1. The monoisotopic (exact) mass is 666 g/mol. The second-order valence-corrected chi connectivity index (χ2v) is 11.7. The summed E-state index contributed by atoms with van der Waals surface area (Å²) in [7, 11) is 1.38. The number of nitrogens with zero attached hydrogens (tertiary/aromatic N) is 1. The Morgan fingerprint density at radius 1 is 1.36 bits per heavy atom. The molecule has 4 atom stereocenters. The Kier molecular flexibility index (Phi) is 12.4. The molecule has 0 N–H and O–H groups in total. The van der Waals surface area contributed by atoms with E-state index in [0.717, 1.165) is 36.2 Å². The molecule has 0 saturated carbocycles. The maximum atomic E-state index is 13.3. The first-order valence-corrected chi connectivity index (χ1v) is 14.5. The van der Waals surface area contributed by atoms with Crippen molar-refractivity contribution >= 4 is 49.4 Å². The molecule has 0 aliphatic carbocycles. The van der Waals surface area contributed by atoms with Crippen LogP contribution < -0.4 is 0 Å². The van der Waals surface area contributed by atoms with Gasteiger partial charge in [0.1, 0.15) is 6.17 Å². The van der Waals surface area contributed by atoms with Crippen molar-refractivity contribution < 1.29 is 18.7 Å². The molecule has 2 rings (SSSR count). The number of allylic oxidation sites excluding steroid dienone is 5. The van der Waals surface area contributed by atoms with Crippen LogP contribution in [0.15, 0.2) is 66.8 Å². The molecule has 33 heavy (non-hydrogen) atoms. The molecular formula is C26H33FNO3PbS. The number of alkyl halides is 1. The number of thioether (sulfide) groups is 1. The normalized spacial score (nSPS) is 20.6. The molecule has 4 nitrogen and oxygen atoms in total. The third-order valence-corrected chi connectivity index (χ3v) is 9.08. The van der Waals surface area contributed by atoms with E-state index in [1.165, 1.54) is 14.0 Å². The minimum atomic E-state index is -0.967. The number of methoxy groups -OCH3 is 1. The van der Waals surface area contributed by atoms with Gasteiger partial charge >= 0.3 is 188 Å². The molecular weight excluding hydrogens is 633 g/mol. The van der Waals surface area contributed by atoms with Crippen molar-refractivity contribution in [3.63, 3.8) is 0 Å². The molecule has 1 aromatic carbocycles. The molecule has 1 amide bonds. The van der Waals surface area contributed by atoms with Crippen molar-refractivity contribution in [1.29, 1.82) is 0 Å². The van der Waals surface area contributed by atoms with Gasteiger partial charge in [0.05, 0.1) is 0 Å². The number of ether oxygens (including phenoxy) is 1. The predicted molar refractivity (Wildman–Crippen MR) is 135 cm³/mol. The number of carbonyl (C=O) groups is 2. The van der Waals surface area contributed by atoms with Crippen LogP contribution in [-0.2, 0) is 14.3 Å². The van der Waals surface area contributed by atoms with Crippen molar-refractivity contribution in [3.05, 3.63) is 72.4 Å². The fourth-order valence-electron chi connectivity index (χ4n) is 3.75. The van der Waals surface area contributed by atoms with Crippen LogP contribution in [0.2, 0.25) is 0 Å². The van der Waals surface area contributed by atoms with Crippen LogP contribution in [0.3, 0.4) is 0 Å². The summed E-state index contributed by atoms with van der Waals surface area (Å²) in [5.41, 5.74) is 2.11. The number of benzene rings is 1. The summed E-state index contributed by atoms with van der Waals surface area (Å²) < 4.78 is 18.0. The Hall–Kier alpha value is -1.42. The summed E-state index contributed by atoms with van der Waals surface area (Å²) in [6, 6.07) is 9.25. The quantitative estimate of drug-likeness (QED) is 0.104. The number of carbonyl (C=O) groups excluding carboxylic acids is 2. The van der Waals surface area contributed by atoms with Crippen LogP contribution in [-0.4, -0.2) is 79.4 Å². The van der Waals surface area contributed by atoms with Gasteiger partial charge in [-0.1, -0.05) is 6.08 Å². The summed E-state index contributed by atoms with van der Waals surface area (Å²) in [5.74, 6) is 0.591. The van der Waals surface area contributed by atoms with Gasteiger partial charge in [0.25, 0.3) is 0 Å². The number of esters is 1. The topological polar surface area (TPSA) is 46.6 Å². The van der Waals surface area contributed by atoms with Crippen LogP contribution >= 0.6 is 11.8 Å². The number of hydrogen-bond donors (Lipinski definition) is 0. The van der Waals surface area contributed by atoms with Crippen molar-refractivity contribution in [2.75, 3.05) is 19.4 Å². The number of hydrogen-bond acceptors (Lipinski definition) is 4. The van der Waals surface area contributed by atoms with E-state index in [4.69, 9.17) is 4.74 Å².